The average molecular weight is 165 g/mol. The number of halogens is 1. The largest absolute Gasteiger partial charge is 0.481 e. The quantitative estimate of drug-likeness (QED) is 0.677. The zero-order valence-electron chi connectivity index (χ0n) is 6.04. The molecule has 0 spiro atoms. The van der Waals surface area contributed by atoms with Gasteiger partial charge in [0.1, 0.15) is 0 Å². The van der Waals surface area contributed by atoms with E-state index in [0.29, 0.717) is 5.92 Å². The first-order chi connectivity index (χ1) is 4.24. The normalized spacial score (nSPS) is 30.1. The molecule has 10 heavy (non-hydrogen) atoms. The van der Waals surface area contributed by atoms with Crippen LogP contribution in [-0.4, -0.2) is 11.1 Å². The van der Waals surface area contributed by atoms with E-state index in [2.05, 4.69) is 6.92 Å². The van der Waals surface area contributed by atoms with Gasteiger partial charge in [0.25, 0.3) is 0 Å². The van der Waals surface area contributed by atoms with E-state index in [1.54, 1.807) is 0 Å². The zero-order chi connectivity index (χ0) is 6.85. The molecule has 0 heterocycles. The Bertz CT molecular complexity index is 119. The summed E-state index contributed by atoms with van der Waals surface area (Å²) in [7, 11) is 0. The van der Waals surface area contributed by atoms with Crippen LogP contribution >= 0.6 is 12.4 Å². The Morgan fingerprint density at radius 2 is 2.10 bits per heavy atom. The Morgan fingerprint density at radius 1 is 1.60 bits per heavy atom. The predicted octanol–water partition coefficient (Wildman–Crippen LogP) is 1.93. The summed E-state index contributed by atoms with van der Waals surface area (Å²) in [6.07, 6.45) is 2.96. The summed E-state index contributed by atoms with van der Waals surface area (Å²) in [4.78, 5) is 10.2. The molecule has 1 rings (SSSR count). The predicted molar refractivity (Wildman–Crippen MR) is 41.4 cm³/mol. The number of carbonyl (C=O) groups is 1. The van der Waals surface area contributed by atoms with Gasteiger partial charge in [-0.15, -0.1) is 12.4 Å². The Morgan fingerprint density at radius 3 is 2.40 bits per heavy atom. The zero-order valence-corrected chi connectivity index (χ0v) is 6.86. The van der Waals surface area contributed by atoms with Crippen LogP contribution in [0.1, 0.15) is 26.2 Å². The molecule has 0 saturated heterocycles. The summed E-state index contributed by atoms with van der Waals surface area (Å²) < 4.78 is 0. The third kappa shape index (κ3) is 1.87. The van der Waals surface area contributed by atoms with E-state index in [1.165, 1.54) is 0 Å². The summed E-state index contributed by atoms with van der Waals surface area (Å²) in [5.74, 6) is 0.0701. The van der Waals surface area contributed by atoms with Gasteiger partial charge in [-0.3, -0.25) is 4.79 Å². The van der Waals surface area contributed by atoms with Crippen LogP contribution in [0.2, 0.25) is 0 Å². The van der Waals surface area contributed by atoms with Gasteiger partial charge in [-0.25, -0.2) is 0 Å². The number of carboxylic acid groups (broad SMARTS) is 1. The van der Waals surface area contributed by atoms with Crippen LogP contribution in [0.15, 0.2) is 0 Å². The summed E-state index contributed by atoms with van der Waals surface area (Å²) in [6.45, 7) is 2.11. The summed E-state index contributed by atoms with van der Waals surface area (Å²) >= 11 is 0. The van der Waals surface area contributed by atoms with Gasteiger partial charge >= 0.3 is 5.97 Å². The van der Waals surface area contributed by atoms with Crippen molar-refractivity contribution < 1.29 is 9.90 Å². The van der Waals surface area contributed by atoms with Crippen LogP contribution in [0, 0.1) is 11.8 Å². The Labute approximate surface area is 67.0 Å². The standard InChI is InChI=1S/C7H12O2.ClH/c1-2-5-3-6(4-5)7(8)9;/h5-6H,2-4H2,1H3,(H,8,9);1H. The first kappa shape index (κ1) is 9.76. The lowest BCUT2D eigenvalue weighted by Crippen LogP contribution is -2.29. The van der Waals surface area contributed by atoms with Gasteiger partial charge in [0, 0.05) is 0 Å². The fraction of sp³-hybridized carbons (Fsp3) is 0.857. The lowest BCUT2D eigenvalue weighted by atomic mass is 9.74. The Balaban J connectivity index is 0.000000810. The van der Waals surface area contributed by atoms with Gasteiger partial charge in [0.15, 0.2) is 0 Å². The summed E-state index contributed by atoms with van der Waals surface area (Å²) in [5.41, 5.74) is 0. The van der Waals surface area contributed by atoms with Crippen LogP contribution < -0.4 is 0 Å². The molecule has 1 aliphatic rings. The number of rotatable bonds is 2. The smallest absolute Gasteiger partial charge is 0.306 e. The molecule has 1 fully saturated rings. The van der Waals surface area contributed by atoms with E-state index >= 15 is 0 Å². The SMILES string of the molecule is CCC1CC(C(=O)O)C1.Cl. The van der Waals surface area contributed by atoms with Crippen LogP contribution in [-0.2, 0) is 4.79 Å². The van der Waals surface area contributed by atoms with Crippen molar-refractivity contribution in [1.29, 1.82) is 0 Å². The molecule has 2 nitrogen and oxygen atoms in total. The highest BCUT2D eigenvalue weighted by molar-refractivity contribution is 5.85. The van der Waals surface area contributed by atoms with Crippen molar-refractivity contribution in [3.05, 3.63) is 0 Å². The Kier molecular flexibility index (Phi) is 3.72. The highest BCUT2D eigenvalue weighted by Gasteiger charge is 2.32. The number of hydrogen-bond acceptors (Lipinski definition) is 1. The molecule has 3 heteroatoms. The molecule has 0 radical (unpaired) electrons. The summed E-state index contributed by atoms with van der Waals surface area (Å²) in [6, 6.07) is 0. The molecule has 0 unspecified atom stereocenters. The fourth-order valence-electron chi connectivity index (χ4n) is 1.27. The molecule has 1 aliphatic carbocycles. The minimum Gasteiger partial charge on any atom is -0.481 e. The van der Waals surface area contributed by atoms with Crippen LogP contribution in [0.3, 0.4) is 0 Å². The van der Waals surface area contributed by atoms with Crippen molar-refractivity contribution in [2.75, 3.05) is 0 Å². The highest BCUT2D eigenvalue weighted by atomic mass is 35.5. The molecule has 1 N–H and O–H groups in total. The second-order valence-corrected chi connectivity index (χ2v) is 2.78. The highest BCUT2D eigenvalue weighted by Crippen LogP contribution is 2.35. The van der Waals surface area contributed by atoms with Crippen molar-refractivity contribution in [1.82, 2.24) is 0 Å². The minimum atomic E-state index is -0.611. The van der Waals surface area contributed by atoms with Gasteiger partial charge < -0.3 is 5.11 Å². The summed E-state index contributed by atoms with van der Waals surface area (Å²) in [5, 5.41) is 8.45. The van der Waals surface area contributed by atoms with E-state index in [9.17, 15) is 4.79 Å². The van der Waals surface area contributed by atoms with Crippen molar-refractivity contribution in [3.8, 4) is 0 Å². The van der Waals surface area contributed by atoms with E-state index in [1.807, 2.05) is 0 Å². The molecule has 0 amide bonds. The molecular formula is C7H13ClO2. The maximum absolute atomic E-state index is 10.2. The molecule has 1 saturated carbocycles. The number of carboxylic acids is 1. The van der Waals surface area contributed by atoms with Gasteiger partial charge in [-0.2, -0.15) is 0 Å². The average Bonchev–Trinajstić information content (AvgIpc) is 1.61. The third-order valence-corrected chi connectivity index (χ3v) is 2.16. The van der Waals surface area contributed by atoms with E-state index in [0.717, 1.165) is 19.3 Å². The minimum absolute atomic E-state index is 0. The molecule has 0 aromatic rings. The molecule has 0 aromatic heterocycles. The van der Waals surface area contributed by atoms with Crippen molar-refractivity contribution >= 4 is 18.4 Å². The van der Waals surface area contributed by atoms with E-state index in [4.69, 9.17) is 5.11 Å². The number of hydrogen-bond donors (Lipinski definition) is 1. The maximum atomic E-state index is 10.2. The van der Waals surface area contributed by atoms with E-state index < -0.39 is 5.97 Å². The van der Waals surface area contributed by atoms with Crippen LogP contribution in [0.4, 0.5) is 0 Å². The number of aliphatic carboxylic acids is 1. The van der Waals surface area contributed by atoms with Gasteiger partial charge in [0.05, 0.1) is 5.92 Å². The Hall–Kier alpha value is -0.240. The molecule has 0 atom stereocenters. The fourth-order valence-corrected chi connectivity index (χ4v) is 1.27. The topological polar surface area (TPSA) is 37.3 Å². The second-order valence-electron chi connectivity index (χ2n) is 2.78. The monoisotopic (exact) mass is 164 g/mol. The van der Waals surface area contributed by atoms with Gasteiger partial charge in [-0.05, 0) is 18.8 Å². The van der Waals surface area contributed by atoms with Crippen molar-refractivity contribution in [2.45, 2.75) is 26.2 Å². The van der Waals surface area contributed by atoms with Crippen LogP contribution in [0.25, 0.3) is 0 Å². The van der Waals surface area contributed by atoms with Gasteiger partial charge in [0.2, 0.25) is 0 Å². The van der Waals surface area contributed by atoms with Crippen LogP contribution in [0.5, 0.6) is 0 Å². The molecular weight excluding hydrogens is 152 g/mol. The lowest BCUT2D eigenvalue weighted by Gasteiger charge is -2.31. The molecule has 0 aromatic carbocycles. The third-order valence-electron chi connectivity index (χ3n) is 2.16. The molecule has 0 bridgehead atoms. The molecule has 0 aliphatic heterocycles. The van der Waals surface area contributed by atoms with Gasteiger partial charge in [-0.1, -0.05) is 13.3 Å². The first-order valence-electron chi connectivity index (χ1n) is 3.46. The van der Waals surface area contributed by atoms with Crippen molar-refractivity contribution in [2.24, 2.45) is 11.8 Å². The first-order valence-corrected chi connectivity index (χ1v) is 3.46. The lowest BCUT2D eigenvalue weighted by molar-refractivity contribution is -0.146. The maximum Gasteiger partial charge on any atom is 0.306 e. The second kappa shape index (κ2) is 3.81. The molecule has 60 valence electrons. The van der Waals surface area contributed by atoms with Crippen molar-refractivity contribution in [3.63, 3.8) is 0 Å². The van der Waals surface area contributed by atoms with E-state index in [-0.39, 0.29) is 18.3 Å².